The van der Waals surface area contributed by atoms with Gasteiger partial charge in [0.2, 0.25) is 0 Å². The minimum atomic E-state index is -0.382. The Balaban J connectivity index is 1.68. The van der Waals surface area contributed by atoms with Gasteiger partial charge in [-0.2, -0.15) is 5.10 Å². The monoisotopic (exact) mass is 359 g/mol. The first-order valence-corrected chi connectivity index (χ1v) is 8.95. The second-order valence-electron chi connectivity index (χ2n) is 5.78. The molecule has 1 saturated heterocycles. The third-order valence-corrected chi connectivity index (χ3v) is 4.81. The zero-order chi connectivity index (χ0) is 17.6. The van der Waals surface area contributed by atoms with Crippen molar-refractivity contribution in [2.45, 2.75) is 0 Å². The van der Waals surface area contributed by atoms with Gasteiger partial charge in [0.1, 0.15) is 4.88 Å². The maximum absolute atomic E-state index is 12.1. The average molecular weight is 359 g/mol. The third kappa shape index (κ3) is 4.58. The fourth-order valence-electron chi connectivity index (χ4n) is 2.45. The van der Waals surface area contributed by atoms with Gasteiger partial charge in [0.05, 0.1) is 13.3 Å². The highest BCUT2D eigenvalue weighted by molar-refractivity contribution is 7.12. The Morgan fingerprint density at radius 3 is 2.68 bits per heavy atom. The van der Waals surface area contributed by atoms with Crippen LogP contribution >= 0.6 is 11.3 Å². The maximum atomic E-state index is 12.1. The molecule has 1 aliphatic rings. The van der Waals surface area contributed by atoms with E-state index in [4.69, 9.17) is 9.47 Å². The number of benzene rings is 1. The van der Waals surface area contributed by atoms with E-state index in [1.807, 2.05) is 23.6 Å². The number of methoxy groups -OCH3 is 1. The summed E-state index contributed by atoms with van der Waals surface area (Å²) in [6, 6.07) is 8.96. The highest BCUT2D eigenvalue weighted by atomic mass is 32.1. The molecule has 1 aromatic heterocycles. The van der Waals surface area contributed by atoms with Crippen molar-refractivity contribution in [2.75, 3.05) is 40.3 Å². The van der Waals surface area contributed by atoms with Crippen LogP contribution in [-0.4, -0.2) is 62.4 Å². The van der Waals surface area contributed by atoms with Gasteiger partial charge in [0.15, 0.2) is 11.5 Å². The van der Waals surface area contributed by atoms with Crippen molar-refractivity contribution in [3.05, 3.63) is 46.2 Å². The molecule has 0 spiro atoms. The van der Waals surface area contributed by atoms with E-state index >= 15 is 0 Å². The average Bonchev–Trinajstić information content (AvgIpc) is 3.17. The molecule has 25 heavy (non-hydrogen) atoms. The van der Waals surface area contributed by atoms with Crippen LogP contribution in [0.1, 0.15) is 15.2 Å². The Bertz CT molecular complexity index is 738. The molecule has 0 atom stereocenters. The Labute approximate surface area is 151 Å². The highest BCUT2D eigenvalue weighted by Crippen LogP contribution is 2.28. The first kappa shape index (κ1) is 17.4. The van der Waals surface area contributed by atoms with E-state index in [2.05, 4.69) is 22.1 Å². The van der Waals surface area contributed by atoms with Crippen LogP contribution in [0.15, 0.2) is 40.8 Å². The van der Waals surface area contributed by atoms with Crippen LogP contribution in [0.5, 0.6) is 11.5 Å². The first-order valence-electron chi connectivity index (χ1n) is 8.07. The van der Waals surface area contributed by atoms with Crippen molar-refractivity contribution >= 4 is 23.5 Å². The number of nitrogens with zero attached hydrogens (tertiary/aromatic N) is 3. The third-order valence-electron chi connectivity index (χ3n) is 3.96. The fraction of sp³-hybridized carbons (Fsp3) is 0.333. The number of carbonyl (C=O) groups is 1. The van der Waals surface area contributed by atoms with Crippen LogP contribution in [-0.2, 0) is 0 Å². The van der Waals surface area contributed by atoms with E-state index in [-0.39, 0.29) is 5.97 Å². The second kappa shape index (κ2) is 8.13. The lowest BCUT2D eigenvalue weighted by Gasteiger charge is -2.30. The van der Waals surface area contributed by atoms with Crippen molar-refractivity contribution in [3.8, 4) is 11.5 Å². The normalized spacial score (nSPS) is 15.5. The van der Waals surface area contributed by atoms with Gasteiger partial charge < -0.3 is 14.4 Å². The summed E-state index contributed by atoms with van der Waals surface area (Å²) in [5, 5.41) is 8.41. The molecule has 0 N–H and O–H groups in total. The van der Waals surface area contributed by atoms with Crippen LogP contribution in [0, 0.1) is 0 Å². The molecular formula is C18H21N3O3S. The smallest absolute Gasteiger partial charge is 0.353 e. The van der Waals surface area contributed by atoms with E-state index in [0.29, 0.717) is 16.4 Å². The number of hydrazone groups is 1. The van der Waals surface area contributed by atoms with Crippen molar-refractivity contribution in [3.63, 3.8) is 0 Å². The van der Waals surface area contributed by atoms with Crippen LogP contribution < -0.4 is 9.47 Å². The van der Waals surface area contributed by atoms with Crippen molar-refractivity contribution in [1.82, 2.24) is 9.91 Å². The topological polar surface area (TPSA) is 54.4 Å². The van der Waals surface area contributed by atoms with Crippen LogP contribution in [0.25, 0.3) is 0 Å². The first-order chi connectivity index (χ1) is 12.2. The number of likely N-dealkylation sites (N-methyl/N-ethyl adjacent to an activating group) is 1. The number of rotatable bonds is 5. The van der Waals surface area contributed by atoms with Gasteiger partial charge in [-0.3, -0.25) is 5.01 Å². The molecule has 0 saturated carbocycles. The summed E-state index contributed by atoms with van der Waals surface area (Å²) in [7, 11) is 3.67. The molecule has 2 heterocycles. The molecule has 0 unspecified atom stereocenters. The van der Waals surface area contributed by atoms with Crippen molar-refractivity contribution < 1.29 is 14.3 Å². The number of hydrogen-bond donors (Lipinski definition) is 0. The van der Waals surface area contributed by atoms with Gasteiger partial charge in [-0.25, -0.2) is 4.79 Å². The number of hydrogen-bond acceptors (Lipinski definition) is 7. The number of piperazine rings is 1. The van der Waals surface area contributed by atoms with Gasteiger partial charge in [0, 0.05) is 26.2 Å². The summed E-state index contributed by atoms with van der Waals surface area (Å²) >= 11 is 1.35. The molecule has 1 aromatic carbocycles. The van der Waals surface area contributed by atoms with Gasteiger partial charge in [0.25, 0.3) is 0 Å². The summed E-state index contributed by atoms with van der Waals surface area (Å²) in [5.41, 5.74) is 0.895. The Morgan fingerprint density at radius 2 is 2.00 bits per heavy atom. The van der Waals surface area contributed by atoms with Gasteiger partial charge >= 0.3 is 5.97 Å². The molecule has 1 fully saturated rings. The summed E-state index contributed by atoms with van der Waals surface area (Å²) in [6.45, 7) is 3.86. The molecule has 132 valence electrons. The Kier molecular flexibility index (Phi) is 5.67. The standard InChI is InChI=1S/C18H21N3O3S/c1-20-7-9-21(10-8-20)19-13-14-5-6-15(16(12-14)23-2)24-18(22)17-4-3-11-25-17/h3-6,11-13H,7-10H2,1-2H3/b19-13+. The van der Waals surface area contributed by atoms with Crippen LogP contribution in [0.4, 0.5) is 0 Å². The molecule has 0 aliphatic carbocycles. The summed E-state index contributed by atoms with van der Waals surface area (Å²) < 4.78 is 10.8. The van der Waals surface area contributed by atoms with Crippen molar-refractivity contribution in [2.24, 2.45) is 5.10 Å². The largest absolute Gasteiger partial charge is 0.493 e. The molecule has 1 aliphatic heterocycles. The van der Waals surface area contributed by atoms with Gasteiger partial charge in [-0.1, -0.05) is 6.07 Å². The minimum Gasteiger partial charge on any atom is -0.493 e. The summed E-state index contributed by atoms with van der Waals surface area (Å²) in [6.07, 6.45) is 1.80. The predicted molar refractivity (Wildman–Crippen MR) is 98.9 cm³/mol. The molecule has 0 amide bonds. The molecule has 0 radical (unpaired) electrons. The summed E-state index contributed by atoms with van der Waals surface area (Å²) in [5.74, 6) is 0.525. The molecule has 2 aromatic rings. The maximum Gasteiger partial charge on any atom is 0.353 e. The molecule has 3 rings (SSSR count). The number of thiophene rings is 1. The zero-order valence-corrected chi connectivity index (χ0v) is 15.2. The van der Waals surface area contributed by atoms with E-state index < -0.39 is 0 Å². The summed E-state index contributed by atoms with van der Waals surface area (Å²) in [4.78, 5) is 14.9. The van der Waals surface area contributed by atoms with Crippen LogP contribution in [0.3, 0.4) is 0 Å². The lowest BCUT2D eigenvalue weighted by atomic mass is 10.2. The van der Waals surface area contributed by atoms with Gasteiger partial charge in [-0.15, -0.1) is 11.3 Å². The molecule has 7 heteroatoms. The molecule has 0 bridgehead atoms. The Morgan fingerprint density at radius 1 is 1.20 bits per heavy atom. The SMILES string of the molecule is COc1cc(/C=N/N2CCN(C)CC2)ccc1OC(=O)c1cccs1. The van der Waals surface area contributed by atoms with E-state index in [1.165, 1.54) is 11.3 Å². The van der Waals surface area contributed by atoms with Gasteiger partial charge in [-0.05, 0) is 42.3 Å². The van der Waals surface area contributed by atoms with E-state index in [9.17, 15) is 4.79 Å². The number of carbonyl (C=O) groups excluding carboxylic acids is 1. The Hall–Kier alpha value is -2.38. The number of ether oxygens (including phenoxy) is 2. The lowest BCUT2D eigenvalue weighted by molar-refractivity contribution is 0.0735. The number of esters is 1. The quantitative estimate of drug-likeness (QED) is 0.467. The fourth-order valence-corrected chi connectivity index (χ4v) is 3.05. The predicted octanol–water partition coefficient (Wildman–Crippen LogP) is 2.56. The minimum absolute atomic E-state index is 0.382. The van der Waals surface area contributed by atoms with Crippen molar-refractivity contribution in [1.29, 1.82) is 0 Å². The molecular weight excluding hydrogens is 338 g/mol. The second-order valence-corrected chi connectivity index (χ2v) is 6.73. The van der Waals surface area contributed by atoms with Crippen LogP contribution in [0.2, 0.25) is 0 Å². The highest BCUT2D eigenvalue weighted by Gasteiger charge is 2.14. The zero-order valence-electron chi connectivity index (χ0n) is 14.3. The lowest BCUT2D eigenvalue weighted by Crippen LogP contribution is -2.41. The van der Waals surface area contributed by atoms with E-state index in [0.717, 1.165) is 31.7 Å². The molecule has 6 nitrogen and oxygen atoms in total. The van der Waals surface area contributed by atoms with E-state index in [1.54, 1.807) is 25.5 Å².